The van der Waals surface area contributed by atoms with E-state index in [9.17, 15) is 4.79 Å². The fourth-order valence-corrected chi connectivity index (χ4v) is 2.23. The molecule has 0 atom stereocenters. The van der Waals surface area contributed by atoms with Crippen LogP contribution in [0.1, 0.15) is 12.5 Å². The van der Waals surface area contributed by atoms with Crippen LogP contribution in [0.2, 0.25) is 0 Å². The monoisotopic (exact) mass is 357 g/mol. The van der Waals surface area contributed by atoms with E-state index < -0.39 is 0 Å². The van der Waals surface area contributed by atoms with Crippen LogP contribution in [0.4, 0.5) is 5.69 Å². The number of carbonyl (C=O) groups is 1. The number of anilines is 1. The molecular weight excluding hydrogens is 334 g/mol. The Morgan fingerprint density at radius 1 is 0.962 bits per heavy atom. The number of nitrogens with zero attached hydrogens (tertiary/aromatic N) is 1. The number of hydrogen-bond donors (Lipinski definition) is 2. The summed E-state index contributed by atoms with van der Waals surface area (Å²) < 4.78 is 15.6. The third-order valence-corrected chi connectivity index (χ3v) is 3.69. The molecule has 0 aliphatic rings. The summed E-state index contributed by atoms with van der Waals surface area (Å²) in [5, 5.41) is 7.15. The summed E-state index contributed by atoms with van der Waals surface area (Å²) in [4.78, 5) is 12.0. The maximum atomic E-state index is 12.0. The lowest BCUT2D eigenvalue weighted by atomic mass is 10.1. The van der Waals surface area contributed by atoms with Crippen LogP contribution in [0.3, 0.4) is 0 Å². The first-order chi connectivity index (χ1) is 12.6. The number of ether oxygens (including phenoxy) is 3. The zero-order valence-electron chi connectivity index (χ0n) is 15.3. The molecule has 7 heteroatoms. The molecule has 0 bridgehead atoms. The van der Waals surface area contributed by atoms with Crippen LogP contribution in [-0.2, 0) is 4.79 Å². The minimum Gasteiger partial charge on any atom is -0.497 e. The van der Waals surface area contributed by atoms with Gasteiger partial charge in [-0.05, 0) is 43.3 Å². The van der Waals surface area contributed by atoms with Crippen LogP contribution < -0.4 is 25.0 Å². The number of hydrogen-bond acceptors (Lipinski definition) is 6. The molecule has 0 aromatic heterocycles. The molecule has 26 heavy (non-hydrogen) atoms. The maximum absolute atomic E-state index is 12.0. The Bertz CT molecular complexity index is 773. The van der Waals surface area contributed by atoms with E-state index in [0.717, 1.165) is 17.0 Å². The smallest absolute Gasteiger partial charge is 0.259 e. The van der Waals surface area contributed by atoms with Gasteiger partial charge in [0.15, 0.2) is 0 Å². The van der Waals surface area contributed by atoms with Crippen LogP contribution in [0.25, 0.3) is 0 Å². The molecule has 0 aliphatic carbocycles. The molecule has 7 nitrogen and oxygen atoms in total. The van der Waals surface area contributed by atoms with Crippen LogP contribution in [0, 0.1) is 0 Å². The quantitative estimate of drug-likeness (QED) is 0.561. The van der Waals surface area contributed by atoms with Crippen LogP contribution in [-0.4, -0.2) is 39.5 Å². The summed E-state index contributed by atoms with van der Waals surface area (Å²) in [6.45, 7) is 1.89. The molecule has 0 saturated heterocycles. The molecule has 2 rings (SSSR count). The second-order valence-corrected chi connectivity index (χ2v) is 5.38. The minimum atomic E-state index is -0.257. The first-order valence-electron chi connectivity index (χ1n) is 8.00. The number of methoxy groups -OCH3 is 3. The SMILES string of the molecule is COc1ccc(NCC(=O)N/N=C(/C)c2ccc(OC)cc2OC)cc1. The van der Waals surface area contributed by atoms with E-state index >= 15 is 0 Å². The lowest BCUT2D eigenvalue weighted by Gasteiger charge is -2.10. The first-order valence-corrected chi connectivity index (χ1v) is 8.00. The van der Waals surface area contributed by atoms with Crippen molar-refractivity contribution in [3.63, 3.8) is 0 Å². The number of nitrogens with one attached hydrogen (secondary N) is 2. The fourth-order valence-electron chi connectivity index (χ4n) is 2.23. The minimum absolute atomic E-state index is 0.100. The largest absolute Gasteiger partial charge is 0.497 e. The Balaban J connectivity index is 1.94. The number of amides is 1. The Morgan fingerprint density at radius 3 is 2.23 bits per heavy atom. The topological polar surface area (TPSA) is 81.2 Å². The Hall–Kier alpha value is -3.22. The summed E-state index contributed by atoms with van der Waals surface area (Å²) in [6, 6.07) is 12.7. The van der Waals surface area contributed by atoms with Gasteiger partial charge in [0.2, 0.25) is 0 Å². The van der Waals surface area contributed by atoms with E-state index in [1.165, 1.54) is 0 Å². The normalized spacial score (nSPS) is 10.8. The number of hydrazone groups is 1. The van der Waals surface area contributed by atoms with Crippen molar-refractivity contribution in [3.05, 3.63) is 48.0 Å². The third kappa shape index (κ3) is 5.14. The molecule has 0 unspecified atom stereocenters. The van der Waals surface area contributed by atoms with Gasteiger partial charge in [0, 0.05) is 17.3 Å². The number of rotatable bonds is 8. The summed E-state index contributed by atoms with van der Waals surface area (Å²) in [5.74, 6) is 1.81. The van der Waals surface area contributed by atoms with E-state index in [0.29, 0.717) is 17.2 Å². The van der Waals surface area contributed by atoms with Gasteiger partial charge in [0.1, 0.15) is 17.2 Å². The van der Waals surface area contributed by atoms with Gasteiger partial charge in [-0.2, -0.15) is 5.10 Å². The van der Waals surface area contributed by atoms with Crippen LogP contribution >= 0.6 is 0 Å². The molecular formula is C19H23N3O4. The molecule has 0 fully saturated rings. The van der Waals surface area contributed by atoms with Crippen LogP contribution in [0.15, 0.2) is 47.6 Å². The first kappa shape index (κ1) is 19.1. The van der Waals surface area contributed by atoms with Gasteiger partial charge >= 0.3 is 0 Å². The summed E-state index contributed by atoms with van der Waals surface area (Å²) in [6.07, 6.45) is 0. The van der Waals surface area contributed by atoms with Gasteiger partial charge in [-0.3, -0.25) is 4.79 Å². The van der Waals surface area contributed by atoms with Gasteiger partial charge in [-0.25, -0.2) is 5.43 Å². The molecule has 2 aromatic carbocycles. The van der Waals surface area contributed by atoms with Gasteiger partial charge in [-0.1, -0.05) is 0 Å². The highest BCUT2D eigenvalue weighted by molar-refractivity contribution is 6.01. The highest BCUT2D eigenvalue weighted by Crippen LogP contribution is 2.25. The van der Waals surface area contributed by atoms with E-state index in [4.69, 9.17) is 14.2 Å². The second kappa shape index (κ2) is 9.31. The molecule has 0 aliphatic heterocycles. The van der Waals surface area contributed by atoms with Crippen molar-refractivity contribution in [2.75, 3.05) is 33.2 Å². The summed E-state index contributed by atoms with van der Waals surface area (Å²) in [5.41, 5.74) is 4.75. The van der Waals surface area contributed by atoms with Gasteiger partial charge < -0.3 is 19.5 Å². The van der Waals surface area contributed by atoms with E-state index in [1.54, 1.807) is 34.3 Å². The zero-order chi connectivity index (χ0) is 18.9. The van der Waals surface area contributed by atoms with Crippen molar-refractivity contribution < 1.29 is 19.0 Å². The van der Waals surface area contributed by atoms with Gasteiger partial charge in [-0.15, -0.1) is 0 Å². The van der Waals surface area contributed by atoms with Gasteiger partial charge in [0.25, 0.3) is 5.91 Å². The molecule has 1 amide bonds. The second-order valence-electron chi connectivity index (χ2n) is 5.38. The average molecular weight is 357 g/mol. The van der Waals surface area contributed by atoms with Crippen LogP contribution in [0.5, 0.6) is 17.2 Å². The molecule has 0 spiro atoms. The lowest BCUT2D eigenvalue weighted by molar-refractivity contribution is -0.119. The van der Waals surface area contributed by atoms with Crippen molar-refractivity contribution in [2.45, 2.75) is 6.92 Å². The standard InChI is InChI=1S/C19H23N3O4/c1-13(17-10-9-16(25-3)11-18(17)26-4)21-22-19(23)12-20-14-5-7-15(24-2)8-6-14/h5-11,20H,12H2,1-4H3,(H,22,23)/b21-13-. The highest BCUT2D eigenvalue weighted by Gasteiger charge is 2.09. The molecule has 0 saturated carbocycles. The van der Waals surface area contributed by atoms with Crippen molar-refractivity contribution in [3.8, 4) is 17.2 Å². The number of benzene rings is 2. The van der Waals surface area contributed by atoms with E-state index in [1.807, 2.05) is 36.4 Å². The highest BCUT2D eigenvalue weighted by atomic mass is 16.5. The molecule has 2 aromatic rings. The van der Waals surface area contributed by atoms with E-state index in [-0.39, 0.29) is 12.5 Å². The molecule has 0 heterocycles. The summed E-state index contributed by atoms with van der Waals surface area (Å²) >= 11 is 0. The Labute approximate surface area is 153 Å². The lowest BCUT2D eigenvalue weighted by Crippen LogP contribution is -2.26. The van der Waals surface area contributed by atoms with E-state index in [2.05, 4.69) is 15.8 Å². The van der Waals surface area contributed by atoms with Crippen molar-refractivity contribution in [1.29, 1.82) is 0 Å². The van der Waals surface area contributed by atoms with Crippen molar-refractivity contribution in [2.24, 2.45) is 5.10 Å². The Kier molecular flexibility index (Phi) is 6.84. The summed E-state index contributed by atoms with van der Waals surface area (Å²) in [7, 11) is 4.77. The molecule has 0 radical (unpaired) electrons. The zero-order valence-corrected chi connectivity index (χ0v) is 15.3. The third-order valence-electron chi connectivity index (χ3n) is 3.69. The number of carbonyl (C=O) groups excluding carboxylic acids is 1. The molecule has 2 N–H and O–H groups in total. The predicted molar refractivity (Wildman–Crippen MR) is 101 cm³/mol. The van der Waals surface area contributed by atoms with Crippen molar-refractivity contribution in [1.82, 2.24) is 5.43 Å². The average Bonchev–Trinajstić information content (AvgIpc) is 2.70. The van der Waals surface area contributed by atoms with Crippen molar-refractivity contribution >= 4 is 17.3 Å². The maximum Gasteiger partial charge on any atom is 0.259 e. The predicted octanol–water partition coefficient (Wildman–Crippen LogP) is 2.66. The Morgan fingerprint density at radius 2 is 1.62 bits per heavy atom. The fraction of sp³-hybridized carbons (Fsp3) is 0.263. The van der Waals surface area contributed by atoms with Gasteiger partial charge in [0.05, 0.1) is 33.6 Å². The molecule has 138 valence electrons.